The molecule has 0 unspecified atom stereocenters. The van der Waals surface area contributed by atoms with Gasteiger partial charge in [0.2, 0.25) is 0 Å². The zero-order valence-electron chi connectivity index (χ0n) is 14.9. The molecule has 1 aromatic carbocycles. The summed E-state index contributed by atoms with van der Waals surface area (Å²) >= 11 is 7.14. The summed E-state index contributed by atoms with van der Waals surface area (Å²) < 4.78 is 42.2. The first-order chi connectivity index (χ1) is 12.7. The minimum Gasteiger partial charge on any atom is -0.307 e. The second-order valence-electron chi connectivity index (χ2n) is 6.36. The fraction of sp³-hybridized carbons (Fsp3) is 0.333. The number of alkyl halides is 3. The lowest BCUT2D eigenvalue weighted by molar-refractivity contribution is -0.137. The van der Waals surface area contributed by atoms with Crippen molar-refractivity contribution in [1.29, 1.82) is 0 Å². The first-order valence-corrected chi connectivity index (χ1v) is 9.52. The quantitative estimate of drug-likeness (QED) is 0.549. The molecule has 0 radical (unpaired) electrons. The Morgan fingerprint density at radius 1 is 1.19 bits per heavy atom. The number of aromatic nitrogens is 3. The minimum absolute atomic E-state index is 0.456. The van der Waals surface area contributed by atoms with Crippen LogP contribution >= 0.6 is 23.6 Å². The van der Waals surface area contributed by atoms with Crippen molar-refractivity contribution in [2.45, 2.75) is 25.8 Å². The van der Waals surface area contributed by atoms with E-state index in [1.165, 1.54) is 17.0 Å². The summed E-state index contributed by atoms with van der Waals surface area (Å²) in [6, 6.07) is 9.27. The van der Waals surface area contributed by atoms with Gasteiger partial charge in [0, 0.05) is 24.9 Å². The van der Waals surface area contributed by atoms with Gasteiger partial charge in [-0.1, -0.05) is 18.2 Å². The number of hydrogen-bond donors (Lipinski definition) is 0. The van der Waals surface area contributed by atoms with Crippen molar-refractivity contribution in [3.8, 4) is 0 Å². The zero-order valence-corrected chi connectivity index (χ0v) is 16.5. The molecule has 0 aliphatic rings. The van der Waals surface area contributed by atoms with Crippen LogP contribution in [0.5, 0.6) is 0 Å². The average molecular weight is 413 g/mol. The normalized spacial score (nSPS) is 12.1. The summed E-state index contributed by atoms with van der Waals surface area (Å²) in [4.78, 5) is 3.17. The molecule has 0 amide bonds. The van der Waals surface area contributed by atoms with Crippen LogP contribution in [0.4, 0.5) is 13.2 Å². The molecule has 0 fully saturated rings. The SMILES string of the molecule is CN(Cc1ccc(C(F)(F)F)cc1)Cn1nc(Cc2cccs2)n(C)c1=S. The smallest absolute Gasteiger partial charge is 0.307 e. The van der Waals surface area contributed by atoms with Crippen LogP contribution in [-0.4, -0.2) is 26.3 Å². The fourth-order valence-corrected chi connectivity index (χ4v) is 3.64. The highest BCUT2D eigenvalue weighted by atomic mass is 32.1. The van der Waals surface area contributed by atoms with E-state index in [1.54, 1.807) is 16.0 Å². The molecule has 0 saturated carbocycles. The van der Waals surface area contributed by atoms with Crippen LogP contribution in [0.25, 0.3) is 0 Å². The van der Waals surface area contributed by atoms with E-state index in [-0.39, 0.29) is 0 Å². The first kappa shape index (κ1) is 19.8. The topological polar surface area (TPSA) is 26.0 Å². The predicted molar refractivity (Wildman–Crippen MR) is 102 cm³/mol. The molecule has 2 aromatic heterocycles. The second kappa shape index (κ2) is 7.95. The Balaban J connectivity index is 1.67. The Bertz CT molecular complexity index is 941. The molecule has 0 aliphatic heterocycles. The molecule has 3 aromatic rings. The van der Waals surface area contributed by atoms with Crippen molar-refractivity contribution >= 4 is 23.6 Å². The Morgan fingerprint density at radius 3 is 2.48 bits per heavy atom. The lowest BCUT2D eigenvalue weighted by Gasteiger charge is -2.17. The molecular formula is C18H19F3N4S2. The molecule has 0 atom stereocenters. The molecule has 0 aliphatic carbocycles. The highest BCUT2D eigenvalue weighted by Crippen LogP contribution is 2.29. The number of benzene rings is 1. The van der Waals surface area contributed by atoms with Crippen molar-refractivity contribution in [1.82, 2.24) is 19.2 Å². The molecule has 4 nitrogen and oxygen atoms in total. The molecule has 0 bridgehead atoms. The van der Waals surface area contributed by atoms with Crippen molar-refractivity contribution in [2.24, 2.45) is 7.05 Å². The van der Waals surface area contributed by atoms with E-state index in [0.717, 1.165) is 23.5 Å². The maximum atomic E-state index is 12.7. The Labute approximate surface area is 164 Å². The van der Waals surface area contributed by atoms with Gasteiger partial charge in [-0.25, -0.2) is 4.68 Å². The minimum atomic E-state index is -4.32. The van der Waals surface area contributed by atoms with Gasteiger partial charge in [0.25, 0.3) is 0 Å². The highest BCUT2D eigenvalue weighted by molar-refractivity contribution is 7.71. The van der Waals surface area contributed by atoms with E-state index in [1.807, 2.05) is 35.0 Å². The van der Waals surface area contributed by atoms with Crippen molar-refractivity contribution in [3.63, 3.8) is 0 Å². The standard InChI is InChI=1S/C18H19F3N4S2/c1-23(11-13-5-7-14(8-6-13)18(19,20)21)12-25-17(26)24(2)16(22-25)10-15-4-3-9-27-15/h3-9H,10-12H2,1-2H3. The van der Waals surface area contributed by atoms with Gasteiger partial charge < -0.3 is 4.57 Å². The zero-order chi connectivity index (χ0) is 19.6. The monoisotopic (exact) mass is 412 g/mol. The summed E-state index contributed by atoms with van der Waals surface area (Å²) in [7, 11) is 3.78. The summed E-state index contributed by atoms with van der Waals surface area (Å²) in [5, 5.41) is 6.63. The molecule has 2 heterocycles. The number of halogens is 3. The lowest BCUT2D eigenvalue weighted by Crippen LogP contribution is -2.22. The van der Waals surface area contributed by atoms with Crippen molar-refractivity contribution in [2.75, 3.05) is 7.05 Å². The average Bonchev–Trinajstić information content (AvgIpc) is 3.19. The van der Waals surface area contributed by atoms with Gasteiger partial charge >= 0.3 is 6.18 Å². The van der Waals surface area contributed by atoms with Crippen LogP contribution in [0.2, 0.25) is 0 Å². The second-order valence-corrected chi connectivity index (χ2v) is 7.76. The summed E-state index contributed by atoms with van der Waals surface area (Å²) in [5.41, 5.74) is 0.158. The molecule has 27 heavy (non-hydrogen) atoms. The van der Waals surface area contributed by atoms with E-state index in [9.17, 15) is 13.2 Å². The fourth-order valence-electron chi connectivity index (χ4n) is 2.74. The first-order valence-electron chi connectivity index (χ1n) is 8.24. The van der Waals surface area contributed by atoms with E-state index < -0.39 is 11.7 Å². The van der Waals surface area contributed by atoms with E-state index >= 15 is 0 Å². The Hall–Kier alpha value is -1.97. The summed E-state index contributed by atoms with van der Waals surface area (Å²) in [6.45, 7) is 0.953. The number of hydrogen-bond acceptors (Lipinski definition) is 4. The largest absolute Gasteiger partial charge is 0.416 e. The van der Waals surface area contributed by atoms with Gasteiger partial charge in [0.1, 0.15) is 5.82 Å². The molecule has 3 rings (SSSR count). The van der Waals surface area contributed by atoms with E-state index in [2.05, 4.69) is 11.2 Å². The lowest BCUT2D eigenvalue weighted by atomic mass is 10.1. The van der Waals surface area contributed by atoms with Gasteiger partial charge in [-0.2, -0.15) is 18.3 Å². The molecule has 144 valence electrons. The highest BCUT2D eigenvalue weighted by Gasteiger charge is 2.29. The van der Waals surface area contributed by atoms with Gasteiger partial charge in [-0.3, -0.25) is 4.90 Å². The number of rotatable bonds is 6. The summed E-state index contributed by atoms with van der Waals surface area (Å²) in [6.07, 6.45) is -3.60. The maximum Gasteiger partial charge on any atom is 0.416 e. The number of nitrogens with zero attached hydrogens (tertiary/aromatic N) is 4. The van der Waals surface area contributed by atoms with E-state index in [4.69, 9.17) is 12.2 Å². The van der Waals surface area contributed by atoms with Crippen LogP contribution in [0, 0.1) is 4.77 Å². The third kappa shape index (κ3) is 4.85. The van der Waals surface area contributed by atoms with Gasteiger partial charge in [0.15, 0.2) is 4.77 Å². The van der Waals surface area contributed by atoms with Gasteiger partial charge in [-0.05, 0) is 48.4 Å². The molecule has 0 saturated heterocycles. The van der Waals surface area contributed by atoms with Crippen LogP contribution in [0.3, 0.4) is 0 Å². The third-order valence-corrected chi connectivity index (χ3v) is 5.51. The van der Waals surface area contributed by atoms with Crippen LogP contribution in [0.1, 0.15) is 21.8 Å². The van der Waals surface area contributed by atoms with Gasteiger partial charge in [0.05, 0.1) is 12.2 Å². The van der Waals surface area contributed by atoms with E-state index in [0.29, 0.717) is 24.4 Å². The third-order valence-electron chi connectivity index (χ3n) is 4.15. The predicted octanol–water partition coefficient (Wildman–Crippen LogP) is 4.71. The maximum absolute atomic E-state index is 12.7. The Morgan fingerprint density at radius 2 is 1.89 bits per heavy atom. The molecule has 0 N–H and O–H groups in total. The molecular weight excluding hydrogens is 393 g/mol. The molecule has 0 spiro atoms. The van der Waals surface area contributed by atoms with Crippen LogP contribution in [0.15, 0.2) is 41.8 Å². The van der Waals surface area contributed by atoms with Crippen LogP contribution < -0.4 is 0 Å². The Kier molecular flexibility index (Phi) is 5.83. The summed E-state index contributed by atoms with van der Waals surface area (Å²) in [5.74, 6) is 0.880. The van der Waals surface area contributed by atoms with Gasteiger partial charge in [-0.15, -0.1) is 11.3 Å². The van der Waals surface area contributed by atoms with Crippen molar-refractivity contribution in [3.05, 3.63) is 68.4 Å². The van der Waals surface area contributed by atoms with Crippen LogP contribution in [-0.2, 0) is 32.9 Å². The molecule has 9 heteroatoms. The van der Waals surface area contributed by atoms with Crippen molar-refractivity contribution < 1.29 is 13.2 Å². The number of thiophene rings is 1.